The van der Waals surface area contributed by atoms with Crippen molar-refractivity contribution in [1.82, 2.24) is 10.3 Å². The first kappa shape index (κ1) is 13.3. The molecule has 1 aliphatic rings. The Labute approximate surface area is 109 Å². The molecule has 2 heterocycles. The third kappa shape index (κ3) is 3.96. The minimum Gasteiger partial charge on any atom is -0.497 e. The monoisotopic (exact) mass is 250 g/mol. The zero-order valence-electron chi connectivity index (χ0n) is 11.2. The Bertz CT molecular complexity index is 376. The number of hydrogen-bond donors (Lipinski definition) is 1. The van der Waals surface area contributed by atoms with Crippen LogP contribution in [0.2, 0.25) is 0 Å². The SMILES string of the molecule is COc1cc(C)nc(CNCCC2CCOC2)c1. The van der Waals surface area contributed by atoms with Crippen molar-refractivity contribution in [1.29, 1.82) is 0 Å². The van der Waals surface area contributed by atoms with Crippen molar-refractivity contribution in [3.63, 3.8) is 0 Å². The van der Waals surface area contributed by atoms with Gasteiger partial charge < -0.3 is 14.8 Å². The number of hydrogen-bond acceptors (Lipinski definition) is 4. The van der Waals surface area contributed by atoms with Gasteiger partial charge >= 0.3 is 0 Å². The molecule has 4 nitrogen and oxygen atoms in total. The lowest BCUT2D eigenvalue weighted by Gasteiger charge is -2.09. The summed E-state index contributed by atoms with van der Waals surface area (Å²) in [4.78, 5) is 4.48. The Kier molecular flexibility index (Phi) is 4.96. The Morgan fingerprint density at radius 2 is 2.39 bits per heavy atom. The average molecular weight is 250 g/mol. The molecule has 1 aromatic rings. The minimum absolute atomic E-state index is 0.734. The average Bonchev–Trinajstić information content (AvgIpc) is 2.87. The number of nitrogens with one attached hydrogen (secondary N) is 1. The molecule has 0 aliphatic carbocycles. The smallest absolute Gasteiger partial charge is 0.122 e. The Hall–Kier alpha value is -1.13. The van der Waals surface area contributed by atoms with E-state index in [1.165, 1.54) is 12.8 Å². The third-order valence-electron chi connectivity index (χ3n) is 3.28. The van der Waals surface area contributed by atoms with Crippen LogP contribution in [-0.2, 0) is 11.3 Å². The highest BCUT2D eigenvalue weighted by atomic mass is 16.5. The third-order valence-corrected chi connectivity index (χ3v) is 3.28. The summed E-state index contributed by atoms with van der Waals surface area (Å²) in [5.74, 6) is 1.61. The first-order valence-electron chi connectivity index (χ1n) is 6.58. The molecular weight excluding hydrogens is 228 g/mol. The molecule has 0 spiro atoms. The van der Waals surface area contributed by atoms with Gasteiger partial charge in [0.2, 0.25) is 0 Å². The molecule has 1 unspecified atom stereocenters. The molecule has 0 bridgehead atoms. The lowest BCUT2D eigenvalue weighted by atomic mass is 10.1. The minimum atomic E-state index is 0.734. The summed E-state index contributed by atoms with van der Waals surface area (Å²) in [6, 6.07) is 3.93. The molecule has 100 valence electrons. The van der Waals surface area contributed by atoms with Crippen LogP contribution >= 0.6 is 0 Å². The number of methoxy groups -OCH3 is 1. The summed E-state index contributed by atoms with van der Waals surface area (Å²) in [5.41, 5.74) is 2.03. The van der Waals surface area contributed by atoms with Crippen LogP contribution in [0.4, 0.5) is 0 Å². The number of aromatic nitrogens is 1. The van der Waals surface area contributed by atoms with Crippen molar-refractivity contribution in [3.05, 3.63) is 23.5 Å². The number of pyridine rings is 1. The highest BCUT2D eigenvalue weighted by Gasteiger charge is 2.14. The van der Waals surface area contributed by atoms with Crippen molar-refractivity contribution in [2.24, 2.45) is 5.92 Å². The van der Waals surface area contributed by atoms with E-state index in [0.29, 0.717) is 0 Å². The second-order valence-electron chi connectivity index (χ2n) is 4.83. The predicted octanol–water partition coefficient (Wildman–Crippen LogP) is 1.91. The zero-order valence-corrected chi connectivity index (χ0v) is 11.2. The maximum Gasteiger partial charge on any atom is 0.122 e. The van der Waals surface area contributed by atoms with Crippen molar-refractivity contribution >= 4 is 0 Å². The molecule has 0 radical (unpaired) electrons. The number of rotatable bonds is 6. The summed E-state index contributed by atoms with van der Waals surface area (Å²) >= 11 is 0. The number of ether oxygens (including phenoxy) is 2. The molecule has 2 rings (SSSR count). The molecule has 1 fully saturated rings. The van der Waals surface area contributed by atoms with Crippen molar-refractivity contribution < 1.29 is 9.47 Å². The van der Waals surface area contributed by atoms with Gasteiger partial charge in [-0.1, -0.05) is 0 Å². The lowest BCUT2D eigenvalue weighted by molar-refractivity contribution is 0.184. The summed E-state index contributed by atoms with van der Waals surface area (Å²) < 4.78 is 10.6. The second kappa shape index (κ2) is 6.71. The molecule has 4 heteroatoms. The van der Waals surface area contributed by atoms with Gasteiger partial charge in [-0.3, -0.25) is 4.98 Å². The summed E-state index contributed by atoms with van der Waals surface area (Å²) in [7, 11) is 1.69. The maximum absolute atomic E-state index is 5.36. The number of nitrogens with zero attached hydrogens (tertiary/aromatic N) is 1. The molecule has 0 aromatic carbocycles. The summed E-state index contributed by atoms with van der Waals surface area (Å²) in [6.07, 6.45) is 2.39. The molecule has 0 saturated carbocycles. The van der Waals surface area contributed by atoms with Gasteiger partial charge in [0, 0.05) is 37.6 Å². The Morgan fingerprint density at radius 1 is 1.50 bits per heavy atom. The molecule has 1 saturated heterocycles. The van der Waals surface area contributed by atoms with E-state index in [1.807, 2.05) is 19.1 Å². The van der Waals surface area contributed by atoms with Gasteiger partial charge in [-0.05, 0) is 32.2 Å². The van der Waals surface area contributed by atoms with Crippen LogP contribution in [0.3, 0.4) is 0 Å². The standard InChI is InChI=1S/C14H22N2O2/c1-11-7-14(17-2)8-13(16-11)9-15-5-3-12-4-6-18-10-12/h7-8,12,15H,3-6,9-10H2,1-2H3. The fourth-order valence-corrected chi connectivity index (χ4v) is 2.24. The summed E-state index contributed by atoms with van der Waals surface area (Å²) in [6.45, 7) is 5.67. The van der Waals surface area contributed by atoms with Gasteiger partial charge in [-0.2, -0.15) is 0 Å². The largest absolute Gasteiger partial charge is 0.497 e. The van der Waals surface area contributed by atoms with Gasteiger partial charge in [-0.25, -0.2) is 0 Å². The van der Waals surface area contributed by atoms with Gasteiger partial charge in [0.05, 0.1) is 12.8 Å². The van der Waals surface area contributed by atoms with E-state index in [0.717, 1.165) is 49.4 Å². The second-order valence-corrected chi connectivity index (χ2v) is 4.83. The molecular formula is C14H22N2O2. The molecule has 1 atom stereocenters. The topological polar surface area (TPSA) is 43.4 Å². The molecule has 1 N–H and O–H groups in total. The Morgan fingerprint density at radius 3 is 3.11 bits per heavy atom. The van der Waals surface area contributed by atoms with E-state index < -0.39 is 0 Å². The van der Waals surface area contributed by atoms with E-state index >= 15 is 0 Å². The van der Waals surface area contributed by atoms with Gasteiger partial charge in [0.25, 0.3) is 0 Å². The Balaban J connectivity index is 1.73. The van der Waals surface area contributed by atoms with Gasteiger partial charge in [0.15, 0.2) is 0 Å². The van der Waals surface area contributed by atoms with Crippen LogP contribution in [0.5, 0.6) is 5.75 Å². The first-order chi connectivity index (χ1) is 8.78. The van der Waals surface area contributed by atoms with Crippen LogP contribution in [0.25, 0.3) is 0 Å². The predicted molar refractivity (Wildman–Crippen MR) is 70.8 cm³/mol. The van der Waals surface area contributed by atoms with Crippen LogP contribution in [0, 0.1) is 12.8 Å². The molecule has 18 heavy (non-hydrogen) atoms. The van der Waals surface area contributed by atoms with Crippen LogP contribution < -0.4 is 10.1 Å². The van der Waals surface area contributed by atoms with E-state index in [4.69, 9.17) is 9.47 Å². The fraction of sp³-hybridized carbons (Fsp3) is 0.643. The highest BCUT2D eigenvalue weighted by molar-refractivity contribution is 5.26. The zero-order chi connectivity index (χ0) is 12.8. The van der Waals surface area contributed by atoms with E-state index in [9.17, 15) is 0 Å². The lowest BCUT2D eigenvalue weighted by Crippen LogP contribution is -2.18. The van der Waals surface area contributed by atoms with Gasteiger partial charge in [-0.15, -0.1) is 0 Å². The normalized spacial score (nSPS) is 19.1. The quantitative estimate of drug-likeness (QED) is 0.783. The van der Waals surface area contributed by atoms with Gasteiger partial charge in [0.1, 0.15) is 5.75 Å². The summed E-state index contributed by atoms with van der Waals surface area (Å²) in [5, 5.41) is 3.43. The molecule has 0 amide bonds. The van der Waals surface area contributed by atoms with Crippen molar-refractivity contribution in [3.8, 4) is 5.75 Å². The fourth-order valence-electron chi connectivity index (χ4n) is 2.24. The van der Waals surface area contributed by atoms with Crippen molar-refractivity contribution in [2.75, 3.05) is 26.9 Å². The van der Waals surface area contributed by atoms with Crippen LogP contribution in [0.15, 0.2) is 12.1 Å². The highest BCUT2D eigenvalue weighted by Crippen LogP contribution is 2.16. The van der Waals surface area contributed by atoms with Crippen molar-refractivity contribution in [2.45, 2.75) is 26.3 Å². The van der Waals surface area contributed by atoms with E-state index in [2.05, 4.69) is 10.3 Å². The first-order valence-corrected chi connectivity index (χ1v) is 6.58. The maximum atomic E-state index is 5.36. The van der Waals surface area contributed by atoms with Crippen LogP contribution in [-0.4, -0.2) is 31.9 Å². The van der Waals surface area contributed by atoms with E-state index in [1.54, 1.807) is 7.11 Å². The molecule has 1 aliphatic heterocycles. The van der Waals surface area contributed by atoms with Crippen LogP contribution in [0.1, 0.15) is 24.2 Å². The number of aryl methyl sites for hydroxylation is 1. The van der Waals surface area contributed by atoms with E-state index in [-0.39, 0.29) is 0 Å². The molecule has 1 aromatic heterocycles.